The molecular formula is C10H5Cl2N2O. The van der Waals surface area contributed by atoms with Crippen molar-refractivity contribution >= 4 is 23.2 Å². The normalized spacial score (nSPS) is 10.0. The fraction of sp³-hybridized carbons (Fsp3) is 0. The minimum atomic E-state index is 0.259. The SMILES string of the molecule is Clc1[c]ccc(Oc2ccc(Cl)nc2)n1. The van der Waals surface area contributed by atoms with Crippen molar-refractivity contribution in [2.75, 3.05) is 0 Å². The van der Waals surface area contributed by atoms with Gasteiger partial charge in [-0.25, -0.2) is 9.97 Å². The van der Waals surface area contributed by atoms with Crippen LogP contribution >= 0.6 is 23.2 Å². The second kappa shape index (κ2) is 4.47. The molecule has 0 unspecified atom stereocenters. The molecule has 2 aromatic rings. The van der Waals surface area contributed by atoms with E-state index in [1.807, 2.05) is 0 Å². The van der Waals surface area contributed by atoms with E-state index in [1.54, 1.807) is 24.3 Å². The Hall–Kier alpha value is -1.32. The van der Waals surface area contributed by atoms with Gasteiger partial charge in [-0.05, 0) is 18.2 Å². The van der Waals surface area contributed by atoms with E-state index in [9.17, 15) is 0 Å². The van der Waals surface area contributed by atoms with Gasteiger partial charge in [0.2, 0.25) is 5.88 Å². The van der Waals surface area contributed by atoms with Crippen LogP contribution in [0.4, 0.5) is 0 Å². The standard InChI is InChI=1S/C10H5Cl2N2O/c11-8-5-4-7(6-13-8)15-10-3-1-2-9(12)14-10/h1,3-6H. The first-order valence-electron chi connectivity index (χ1n) is 4.08. The summed E-state index contributed by atoms with van der Waals surface area (Å²) in [5, 5.41) is 0.671. The molecule has 0 amide bonds. The fourth-order valence-corrected chi connectivity index (χ4v) is 1.21. The second-order valence-corrected chi connectivity index (χ2v) is 3.38. The predicted molar refractivity (Wildman–Crippen MR) is 57.4 cm³/mol. The minimum absolute atomic E-state index is 0.259. The first-order chi connectivity index (χ1) is 7.24. The van der Waals surface area contributed by atoms with Crippen molar-refractivity contribution in [2.24, 2.45) is 0 Å². The number of rotatable bonds is 2. The molecule has 0 spiro atoms. The summed E-state index contributed by atoms with van der Waals surface area (Å²) in [7, 11) is 0. The number of aromatic nitrogens is 2. The van der Waals surface area contributed by atoms with E-state index in [-0.39, 0.29) is 5.15 Å². The Morgan fingerprint density at radius 2 is 2.07 bits per heavy atom. The van der Waals surface area contributed by atoms with Crippen LogP contribution in [0.2, 0.25) is 10.3 Å². The zero-order valence-electron chi connectivity index (χ0n) is 7.45. The van der Waals surface area contributed by atoms with Crippen molar-refractivity contribution in [1.82, 2.24) is 9.97 Å². The third-order valence-electron chi connectivity index (χ3n) is 1.56. The van der Waals surface area contributed by atoms with E-state index in [2.05, 4.69) is 16.0 Å². The van der Waals surface area contributed by atoms with Crippen LogP contribution in [0.3, 0.4) is 0 Å². The van der Waals surface area contributed by atoms with Gasteiger partial charge >= 0.3 is 0 Å². The fourth-order valence-electron chi connectivity index (χ4n) is 0.948. The number of pyridine rings is 2. The van der Waals surface area contributed by atoms with Gasteiger partial charge in [0.25, 0.3) is 0 Å². The molecule has 0 N–H and O–H groups in total. The first-order valence-corrected chi connectivity index (χ1v) is 4.83. The lowest BCUT2D eigenvalue weighted by molar-refractivity contribution is 0.461. The molecule has 0 aliphatic carbocycles. The lowest BCUT2D eigenvalue weighted by Crippen LogP contribution is -1.88. The molecule has 0 aliphatic heterocycles. The van der Waals surface area contributed by atoms with Crippen molar-refractivity contribution < 1.29 is 4.74 Å². The number of halogens is 2. The highest BCUT2D eigenvalue weighted by Crippen LogP contribution is 2.20. The van der Waals surface area contributed by atoms with Crippen LogP contribution in [0.5, 0.6) is 11.6 Å². The number of hydrogen-bond donors (Lipinski definition) is 0. The summed E-state index contributed by atoms with van der Waals surface area (Å²) in [5.74, 6) is 0.942. The zero-order chi connectivity index (χ0) is 10.7. The largest absolute Gasteiger partial charge is 0.437 e. The third kappa shape index (κ3) is 2.81. The van der Waals surface area contributed by atoms with Crippen LogP contribution in [0.15, 0.2) is 30.5 Å². The van der Waals surface area contributed by atoms with Crippen molar-refractivity contribution in [2.45, 2.75) is 0 Å². The summed E-state index contributed by atoms with van der Waals surface area (Å²) in [4.78, 5) is 7.79. The van der Waals surface area contributed by atoms with Gasteiger partial charge in [-0.2, -0.15) is 0 Å². The molecule has 0 bridgehead atoms. The predicted octanol–water partition coefficient (Wildman–Crippen LogP) is 3.38. The van der Waals surface area contributed by atoms with Gasteiger partial charge in [-0.1, -0.05) is 23.2 Å². The third-order valence-corrected chi connectivity index (χ3v) is 1.98. The van der Waals surface area contributed by atoms with Gasteiger partial charge in [0.1, 0.15) is 16.1 Å². The average molecular weight is 240 g/mol. The van der Waals surface area contributed by atoms with E-state index < -0.39 is 0 Å². The minimum Gasteiger partial charge on any atom is -0.437 e. The average Bonchev–Trinajstić information content (AvgIpc) is 2.22. The molecular weight excluding hydrogens is 235 g/mol. The topological polar surface area (TPSA) is 35.0 Å². The highest BCUT2D eigenvalue weighted by atomic mass is 35.5. The van der Waals surface area contributed by atoms with Crippen LogP contribution in [0.25, 0.3) is 0 Å². The van der Waals surface area contributed by atoms with Gasteiger partial charge in [0.05, 0.1) is 6.20 Å². The molecule has 0 saturated carbocycles. The van der Waals surface area contributed by atoms with Crippen LogP contribution in [-0.2, 0) is 0 Å². The summed E-state index contributed by atoms with van der Waals surface area (Å²) in [6.07, 6.45) is 1.51. The van der Waals surface area contributed by atoms with Gasteiger partial charge in [-0.3, -0.25) is 0 Å². The van der Waals surface area contributed by atoms with Crippen LogP contribution in [-0.4, -0.2) is 9.97 Å². The van der Waals surface area contributed by atoms with Crippen LogP contribution in [0, 0.1) is 6.07 Å². The summed E-state index contributed by atoms with van der Waals surface area (Å²) >= 11 is 11.3. The number of nitrogens with zero attached hydrogens (tertiary/aromatic N) is 2. The van der Waals surface area contributed by atoms with Crippen LogP contribution < -0.4 is 4.74 Å². The van der Waals surface area contributed by atoms with Crippen molar-refractivity contribution in [3.63, 3.8) is 0 Å². The van der Waals surface area contributed by atoms with Gasteiger partial charge in [0.15, 0.2) is 0 Å². The van der Waals surface area contributed by atoms with Crippen LogP contribution in [0.1, 0.15) is 0 Å². The van der Waals surface area contributed by atoms with E-state index in [0.717, 1.165) is 0 Å². The van der Waals surface area contributed by atoms with E-state index in [1.165, 1.54) is 6.20 Å². The van der Waals surface area contributed by atoms with Crippen molar-refractivity contribution in [3.8, 4) is 11.6 Å². The molecule has 0 fully saturated rings. The quantitative estimate of drug-likeness (QED) is 0.754. The lowest BCUT2D eigenvalue weighted by Gasteiger charge is -2.03. The highest BCUT2D eigenvalue weighted by Gasteiger charge is 1.99. The summed E-state index contributed by atoms with van der Waals surface area (Å²) in [6.45, 7) is 0. The number of ether oxygens (including phenoxy) is 1. The van der Waals surface area contributed by atoms with Gasteiger partial charge < -0.3 is 4.74 Å². The maximum absolute atomic E-state index is 5.65. The van der Waals surface area contributed by atoms with Crippen molar-refractivity contribution in [1.29, 1.82) is 0 Å². The molecule has 0 aliphatic rings. The Bertz CT molecular complexity index is 459. The molecule has 1 radical (unpaired) electrons. The van der Waals surface area contributed by atoms with Crippen molar-refractivity contribution in [3.05, 3.63) is 46.8 Å². The summed E-state index contributed by atoms with van der Waals surface area (Å²) in [6, 6.07) is 9.32. The summed E-state index contributed by atoms with van der Waals surface area (Å²) in [5.41, 5.74) is 0. The Labute approximate surface area is 96.6 Å². The molecule has 75 valence electrons. The Morgan fingerprint density at radius 3 is 2.73 bits per heavy atom. The Balaban J connectivity index is 2.18. The molecule has 0 aromatic carbocycles. The molecule has 2 heterocycles. The van der Waals surface area contributed by atoms with E-state index >= 15 is 0 Å². The zero-order valence-corrected chi connectivity index (χ0v) is 8.96. The molecule has 5 heteroatoms. The highest BCUT2D eigenvalue weighted by molar-refractivity contribution is 6.29. The lowest BCUT2D eigenvalue weighted by atomic mass is 10.4. The Morgan fingerprint density at radius 1 is 1.20 bits per heavy atom. The second-order valence-electron chi connectivity index (χ2n) is 2.64. The summed E-state index contributed by atoms with van der Waals surface area (Å²) < 4.78 is 5.38. The smallest absolute Gasteiger partial charge is 0.220 e. The maximum Gasteiger partial charge on any atom is 0.220 e. The maximum atomic E-state index is 5.65. The molecule has 3 nitrogen and oxygen atoms in total. The molecule has 0 saturated heterocycles. The molecule has 2 aromatic heterocycles. The number of hydrogen-bond acceptors (Lipinski definition) is 3. The molecule has 0 atom stereocenters. The van der Waals surface area contributed by atoms with E-state index in [4.69, 9.17) is 27.9 Å². The first kappa shape index (κ1) is 10.2. The monoisotopic (exact) mass is 239 g/mol. The van der Waals surface area contributed by atoms with Gasteiger partial charge in [0, 0.05) is 12.1 Å². The molecule has 2 rings (SSSR count). The molecule has 15 heavy (non-hydrogen) atoms. The Kier molecular flexibility index (Phi) is 3.04. The van der Waals surface area contributed by atoms with Gasteiger partial charge in [-0.15, -0.1) is 0 Å². The van der Waals surface area contributed by atoms with E-state index in [0.29, 0.717) is 16.8 Å².